The van der Waals surface area contributed by atoms with E-state index in [2.05, 4.69) is 197 Å². The zero-order chi connectivity index (χ0) is 43.5. The standard InChI is InChI=1S/C39H33N2O.C18H24GeN.Ir/c1-25(2)31-22-30(28-15-9-6-10-16-28)23-32(26(3)4)38(31)41-36-18-12-11-17-35(36)40-39(41)34-24-42-37-20-19-29(21-33(34)37)27-13-7-5-8-14-27;1-14(2)11-16-12-18(15-9-7-6-8-10-15)20-13-17(16)19(3,4)5;/h5-23,25-26H,1-4H3;6-9,12-14H,11H2,1-5H3;/q2*-1;. The maximum absolute atomic E-state index is 6.04. The Balaban J connectivity index is 0.000000239. The number of imidazole rings is 1. The van der Waals surface area contributed by atoms with Crippen LogP contribution in [0.4, 0.5) is 0 Å². The van der Waals surface area contributed by atoms with Crippen molar-refractivity contribution in [2.75, 3.05) is 0 Å². The molecule has 6 aromatic carbocycles. The molecular weight excluding hydrogens is 1010 g/mol. The van der Waals surface area contributed by atoms with Gasteiger partial charge in [0.25, 0.3) is 0 Å². The van der Waals surface area contributed by atoms with Gasteiger partial charge in [-0.05, 0) is 69.5 Å². The number of fused-ring (bicyclic) bond motifs is 2. The van der Waals surface area contributed by atoms with E-state index < -0.39 is 13.3 Å². The van der Waals surface area contributed by atoms with Crippen molar-refractivity contribution in [1.82, 2.24) is 14.5 Å². The van der Waals surface area contributed by atoms with Crippen LogP contribution in [0.2, 0.25) is 17.3 Å². The number of furan rings is 1. The molecule has 321 valence electrons. The Morgan fingerprint density at radius 3 is 1.87 bits per heavy atom. The van der Waals surface area contributed by atoms with E-state index >= 15 is 0 Å². The molecule has 63 heavy (non-hydrogen) atoms. The van der Waals surface area contributed by atoms with Crippen LogP contribution in [-0.2, 0) is 26.5 Å². The SMILES string of the molecule is CC(C)Cc1cc(-c2[c-]cccc2)nc[c]1[Ge]([CH3])([CH3])[CH3].CC(C)c1cc(-c2ccccc2)cc(C(C)C)c1-n1c(-c2[c-]oc3ccc(-c4ccccc4)cc23)nc2ccccc21.[Ir]. The first kappa shape index (κ1) is 45.7. The summed E-state index contributed by atoms with van der Waals surface area (Å²) in [4.78, 5) is 9.94. The van der Waals surface area contributed by atoms with Crippen LogP contribution in [0.1, 0.15) is 70.1 Å². The molecule has 0 bridgehead atoms. The van der Waals surface area contributed by atoms with E-state index in [0.29, 0.717) is 17.8 Å². The molecule has 0 fully saturated rings. The van der Waals surface area contributed by atoms with Gasteiger partial charge in [-0.25, -0.2) is 0 Å². The average Bonchev–Trinajstić information content (AvgIpc) is 3.87. The minimum Gasteiger partial charge on any atom is -0.557 e. The van der Waals surface area contributed by atoms with Gasteiger partial charge in [0.05, 0.1) is 16.9 Å². The zero-order valence-electron chi connectivity index (χ0n) is 38.0. The quantitative estimate of drug-likeness (QED) is 0.101. The third kappa shape index (κ3) is 9.92. The Kier molecular flexibility index (Phi) is 14.2. The van der Waals surface area contributed by atoms with Gasteiger partial charge in [-0.15, -0.1) is 0 Å². The van der Waals surface area contributed by atoms with E-state index in [4.69, 9.17) is 14.4 Å². The van der Waals surface area contributed by atoms with E-state index in [1.54, 1.807) is 4.40 Å². The molecule has 3 heterocycles. The number of aromatic nitrogens is 3. The van der Waals surface area contributed by atoms with Crippen LogP contribution >= 0.6 is 0 Å². The van der Waals surface area contributed by atoms with Crippen molar-refractivity contribution in [2.24, 2.45) is 5.92 Å². The number of pyridine rings is 1. The molecule has 9 aromatic rings. The second-order valence-electron chi connectivity index (χ2n) is 18.4. The second-order valence-corrected chi connectivity index (χ2v) is 29.0. The van der Waals surface area contributed by atoms with Gasteiger partial charge in [-0.1, -0.05) is 130 Å². The fraction of sp³-hybridized carbons (Fsp3) is 0.228. The first-order valence-electron chi connectivity index (χ1n) is 22.0. The summed E-state index contributed by atoms with van der Waals surface area (Å²) < 4.78 is 9.93. The molecule has 0 aliphatic carbocycles. The molecule has 0 aliphatic heterocycles. The van der Waals surface area contributed by atoms with Crippen molar-refractivity contribution in [3.8, 4) is 50.6 Å². The van der Waals surface area contributed by atoms with Crippen LogP contribution in [0.25, 0.3) is 72.6 Å². The molecule has 1 radical (unpaired) electrons. The van der Waals surface area contributed by atoms with Crippen LogP contribution in [0, 0.1) is 18.2 Å². The van der Waals surface area contributed by atoms with E-state index in [1.165, 1.54) is 39.1 Å². The molecular formula is C57H57GeIrN3O-2. The van der Waals surface area contributed by atoms with E-state index in [1.807, 2.05) is 30.3 Å². The topological polar surface area (TPSA) is 43.9 Å². The van der Waals surface area contributed by atoms with Crippen molar-refractivity contribution >= 4 is 39.7 Å². The molecule has 0 saturated carbocycles. The molecule has 0 N–H and O–H groups in total. The summed E-state index contributed by atoms with van der Waals surface area (Å²) in [6.45, 7) is 13.7. The van der Waals surface area contributed by atoms with Crippen LogP contribution in [0.15, 0.2) is 156 Å². The number of benzene rings is 6. The second kappa shape index (κ2) is 19.6. The number of hydrogen-bond donors (Lipinski definition) is 0. The minimum atomic E-state index is -1.86. The van der Waals surface area contributed by atoms with Gasteiger partial charge in [0.15, 0.2) is 0 Å². The monoisotopic (exact) mass is 1070 g/mol. The Morgan fingerprint density at radius 2 is 1.27 bits per heavy atom. The van der Waals surface area contributed by atoms with Gasteiger partial charge >= 0.3 is 126 Å². The molecule has 0 spiro atoms. The first-order chi connectivity index (χ1) is 29.9. The summed E-state index contributed by atoms with van der Waals surface area (Å²) in [7, 11) is 0. The fourth-order valence-electron chi connectivity index (χ4n) is 8.47. The first-order valence-corrected chi connectivity index (χ1v) is 29.4. The molecule has 0 atom stereocenters. The molecule has 0 amide bonds. The number of hydrogen-bond acceptors (Lipinski definition) is 3. The van der Waals surface area contributed by atoms with Crippen molar-refractivity contribution in [1.29, 1.82) is 0 Å². The summed E-state index contributed by atoms with van der Waals surface area (Å²) in [5.74, 6) is 9.43. The van der Waals surface area contributed by atoms with Crippen molar-refractivity contribution < 1.29 is 24.5 Å². The minimum absolute atomic E-state index is 0. The van der Waals surface area contributed by atoms with Crippen LogP contribution in [0.5, 0.6) is 0 Å². The molecule has 3 aromatic heterocycles. The number of para-hydroxylation sites is 2. The average molecular weight is 1060 g/mol. The third-order valence-corrected chi connectivity index (χ3v) is 15.9. The van der Waals surface area contributed by atoms with Crippen molar-refractivity contribution in [2.45, 2.75) is 77.1 Å². The van der Waals surface area contributed by atoms with Crippen LogP contribution in [-0.4, -0.2) is 27.8 Å². The molecule has 0 unspecified atom stereocenters. The molecule has 0 saturated heterocycles. The van der Waals surface area contributed by atoms with Crippen LogP contribution in [0.3, 0.4) is 0 Å². The maximum Gasteiger partial charge on any atom is 0.0774 e. The third-order valence-electron chi connectivity index (χ3n) is 11.6. The van der Waals surface area contributed by atoms with Crippen molar-refractivity contribution in [3.05, 3.63) is 181 Å². The van der Waals surface area contributed by atoms with E-state index in [9.17, 15) is 0 Å². The van der Waals surface area contributed by atoms with E-state index in [0.717, 1.165) is 56.6 Å². The predicted octanol–water partition coefficient (Wildman–Crippen LogP) is 15.1. The fourth-order valence-corrected chi connectivity index (χ4v) is 11.8. The maximum atomic E-state index is 6.04. The number of rotatable bonds is 10. The number of nitrogens with zero attached hydrogens (tertiary/aromatic N) is 3. The Labute approximate surface area is 390 Å². The van der Waals surface area contributed by atoms with E-state index in [-0.39, 0.29) is 20.1 Å². The van der Waals surface area contributed by atoms with Crippen LogP contribution < -0.4 is 4.40 Å². The van der Waals surface area contributed by atoms with Gasteiger partial charge in [0, 0.05) is 37.6 Å². The van der Waals surface area contributed by atoms with Gasteiger partial charge in [-0.3, -0.25) is 4.98 Å². The summed E-state index contributed by atoms with van der Waals surface area (Å²) >= 11 is -1.86. The molecule has 9 rings (SSSR count). The smallest absolute Gasteiger partial charge is 0.0774 e. The summed E-state index contributed by atoms with van der Waals surface area (Å²) in [5, 5.41) is 1.01. The normalized spacial score (nSPS) is 11.6. The van der Waals surface area contributed by atoms with Gasteiger partial charge in [0.1, 0.15) is 0 Å². The summed E-state index contributed by atoms with van der Waals surface area (Å²) in [6, 6.07) is 54.3. The van der Waals surface area contributed by atoms with Crippen molar-refractivity contribution in [3.63, 3.8) is 0 Å². The Morgan fingerprint density at radius 1 is 0.651 bits per heavy atom. The molecule has 0 aliphatic rings. The summed E-state index contributed by atoms with van der Waals surface area (Å²) in [6.07, 6.45) is 6.53. The molecule has 6 heteroatoms. The Bertz CT molecular complexity index is 2910. The summed E-state index contributed by atoms with van der Waals surface area (Å²) in [5.41, 5.74) is 15.9. The van der Waals surface area contributed by atoms with Gasteiger partial charge < -0.3 is 8.98 Å². The zero-order valence-corrected chi connectivity index (χ0v) is 42.4. The predicted molar refractivity (Wildman–Crippen MR) is 264 cm³/mol. The van der Waals surface area contributed by atoms with Gasteiger partial charge in [-0.2, -0.15) is 0 Å². The largest absolute Gasteiger partial charge is 0.557 e. The Hall–Kier alpha value is -5.33. The van der Waals surface area contributed by atoms with Gasteiger partial charge in [0.2, 0.25) is 0 Å². The molecule has 4 nitrogen and oxygen atoms in total.